The molecular formula is C22H25ClN2O4. The van der Waals surface area contributed by atoms with E-state index in [-0.39, 0.29) is 36.7 Å². The standard InChI is InChI=1S/C22H25ClN2O4/c1-14(2)21(16-5-8-18-19(13-16)29-12-11-28-18)25-20(26)9-10-24-22(27)15-3-6-17(23)7-4-15/h3-8,13-14,21H,9-12H2,1-2H3,(H,24,27)(H,25,26)/t21-/m1/s1. The Morgan fingerprint density at radius 3 is 2.41 bits per heavy atom. The monoisotopic (exact) mass is 416 g/mol. The highest BCUT2D eigenvalue weighted by Crippen LogP contribution is 2.34. The Labute approximate surface area is 175 Å². The molecule has 0 radical (unpaired) electrons. The van der Waals surface area contributed by atoms with Crippen LogP contribution in [0.4, 0.5) is 0 Å². The molecule has 7 heteroatoms. The van der Waals surface area contributed by atoms with E-state index < -0.39 is 0 Å². The van der Waals surface area contributed by atoms with Gasteiger partial charge in [0.05, 0.1) is 6.04 Å². The quantitative estimate of drug-likeness (QED) is 0.720. The number of carbonyl (C=O) groups excluding carboxylic acids is 2. The number of ether oxygens (including phenoxy) is 2. The third-order valence-electron chi connectivity index (χ3n) is 4.65. The second kappa shape index (κ2) is 9.65. The maximum atomic E-state index is 12.4. The third-order valence-corrected chi connectivity index (χ3v) is 4.90. The van der Waals surface area contributed by atoms with E-state index >= 15 is 0 Å². The summed E-state index contributed by atoms with van der Waals surface area (Å²) in [4.78, 5) is 24.6. The lowest BCUT2D eigenvalue weighted by Gasteiger charge is -2.25. The minimum Gasteiger partial charge on any atom is -0.486 e. The molecule has 0 bridgehead atoms. The molecule has 3 rings (SSSR count). The maximum absolute atomic E-state index is 12.4. The van der Waals surface area contributed by atoms with Gasteiger partial charge in [0.25, 0.3) is 5.91 Å². The summed E-state index contributed by atoms with van der Waals surface area (Å²) < 4.78 is 11.2. The number of nitrogens with one attached hydrogen (secondary N) is 2. The molecule has 1 atom stereocenters. The maximum Gasteiger partial charge on any atom is 0.251 e. The summed E-state index contributed by atoms with van der Waals surface area (Å²) in [6.07, 6.45) is 0.188. The van der Waals surface area contributed by atoms with E-state index in [1.165, 1.54) is 0 Å². The normalized spacial score (nSPS) is 13.7. The van der Waals surface area contributed by atoms with Gasteiger partial charge in [0, 0.05) is 23.6 Å². The van der Waals surface area contributed by atoms with Gasteiger partial charge in [-0.3, -0.25) is 9.59 Å². The Morgan fingerprint density at radius 2 is 1.72 bits per heavy atom. The molecular weight excluding hydrogens is 392 g/mol. The van der Waals surface area contributed by atoms with Crippen molar-refractivity contribution in [3.05, 3.63) is 58.6 Å². The molecule has 1 aliphatic rings. The summed E-state index contributed by atoms with van der Waals surface area (Å²) in [6, 6.07) is 12.2. The van der Waals surface area contributed by atoms with Gasteiger partial charge >= 0.3 is 0 Å². The van der Waals surface area contributed by atoms with Gasteiger partial charge in [-0.15, -0.1) is 0 Å². The molecule has 2 amide bonds. The Morgan fingerprint density at radius 1 is 1.03 bits per heavy atom. The van der Waals surface area contributed by atoms with Crippen LogP contribution in [0.15, 0.2) is 42.5 Å². The molecule has 0 saturated heterocycles. The second-order valence-corrected chi connectivity index (χ2v) is 7.64. The van der Waals surface area contributed by atoms with E-state index in [1.807, 2.05) is 32.0 Å². The molecule has 0 fully saturated rings. The van der Waals surface area contributed by atoms with Crippen LogP contribution >= 0.6 is 11.6 Å². The Kier molecular flexibility index (Phi) is 6.99. The van der Waals surface area contributed by atoms with Crippen LogP contribution in [0.2, 0.25) is 5.02 Å². The number of amides is 2. The fourth-order valence-corrected chi connectivity index (χ4v) is 3.25. The van der Waals surface area contributed by atoms with Gasteiger partial charge < -0.3 is 20.1 Å². The summed E-state index contributed by atoms with van der Waals surface area (Å²) in [6.45, 7) is 5.40. The number of hydrogen-bond donors (Lipinski definition) is 2. The number of fused-ring (bicyclic) bond motifs is 1. The number of rotatable bonds is 7. The minimum absolute atomic E-state index is 0.130. The Bertz CT molecular complexity index is 868. The van der Waals surface area contributed by atoms with Crippen molar-refractivity contribution in [2.24, 2.45) is 5.92 Å². The van der Waals surface area contributed by atoms with E-state index in [4.69, 9.17) is 21.1 Å². The first-order valence-corrected chi connectivity index (χ1v) is 10.0. The number of hydrogen-bond acceptors (Lipinski definition) is 4. The van der Waals surface area contributed by atoms with Crippen molar-refractivity contribution in [1.29, 1.82) is 0 Å². The molecule has 2 N–H and O–H groups in total. The lowest BCUT2D eigenvalue weighted by molar-refractivity contribution is -0.122. The first kappa shape index (κ1) is 21.0. The fourth-order valence-electron chi connectivity index (χ4n) is 3.13. The predicted octanol–water partition coefficient (Wildman–Crippen LogP) is 3.74. The average molecular weight is 417 g/mol. The predicted molar refractivity (Wildman–Crippen MR) is 112 cm³/mol. The van der Waals surface area contributed by atoms with E-state index in [0.29, 0.717) is 29.5 Å². The molecule has 2 aromatic carbocycles. The van der Waals surface area contributed by atoms with Crippen molar-refractivity contribution >= 4 is 23.4 Å². The second-order valence-electron chi connectivity index (χ2n) is 7.21. The minimum atomic E-state index is -0.235. The van der Waals surface area contributed by atoms with Crippen LogP contribution in [0, 0.1) is 5.92 Å². The highest BCUT2D eigenvalue weighted by Gasteiger charge is 2.21. The zero-order chi connectivity index (χ0) is 20.8. The molecule has 154 valence electrons. The van der Waals surface area contributed by atoms with Gasteiger partial charge in [0.15, 0.2) is 11.5 Å². The van der Waals surface area contributed by atoms with Crippen LogP contribution in [-0.2, 0) is 4.79 Å². The van der Waals surface area contributed by atoms with Crippen molar-refractivity contribution in [2.45, 2.75) is 26.3 Å². The van der Waals surface area contributed by atoms with Crippen LogP contribution in [0.1, 0.15) is 42.2 Å². The van der Waals surface area contributed by atoms with E-state index in [2.05, 4.69) is 10.6 Å². The van der Waals surface area contributed by atoms with Gasteiger partial charge in [-0.2, -0.15) is 0 Å². The lowest BCUT2D eigenvalue weighted by Crippen LogP contribution is -2.35. The Balaban J connectivity index is 1.54. The van der Waals surface area contributed by atoms with E-state index in [9.17, 15) is 9.59 Å². The molecule has 1 aliphatic heterocycles. The summed E-state index contributed by atoms with van der Waals surface area (Å²) in [5, 5.41) is 6.38. The van der Waals surface area contributed by atoms with Crippen LogP contribution < -0.4 is 20.1 Å². The van der Waals surface area contributed by atoms with Gasteiger partial charge in [-0.25, -0.2) is 0 Å². The van der Waals surface area contributed by atoms with Gasteiger partial charge in [-0.1, -0.05) is 31.5 Å². The smallest absolute Gasteiger partial charge is 0.251 e. The van der Waals surface area contributed by atoms with Gasteiger partial charge in [0.1, 0.15) is 13.2 Å². The van der Waals surface area contributed by atoms with Crippen molar-refractivity contribution in [2.75, 3.05) is 19.8 Å². The molecule has 1 heterocycles. The molecule has 29 heavy (non-hydrogen) atoms. The highest BCUT2D eigenvalue weighted by atomic mass is 35.5. The van der Waals surface area contributed by atoms with Crippen molar-refractivity contribution in [3.63, 3.8) is 0 Å². The molecule has 0 aliphatic carbocycles. The van der Waals surface area contributed by atoms with Crippen molar-refractivity contribution < 1.29 is 19.1 Å². The summed E-state index contributed by atoms with van der Waals surface area (Å²) >= 11 is 5.83. The van der Waals surface area contributed by atoms with Gasteiger partial charge in [-0.05, 0) is 47.9 Å². The van der Waals surface area contributed by atoms with Crippen LogP contribution in [0.3, 0.4) is 0 Å². The zero-order valence-corrected chi connectivity index (χ0v) is 17.3. The fraction of sp³-hybridized carbons (Fsp3) is 0.364. The summed E-state index contributed by atoms with van der Waals surface area (Å²) in [7, 11) is 0. The van der Waals surface area contributed by atoms with Gasteiger partial charge in [0.2, 0.25) is 5.91 Å². The lowest BCUT2D eigenvalue weighted by atomic mass is 9.95. The number of halogens is 1. The molecule has 2 aromatic rings. The van der Waals surface area contributed by atoms with Crippen molar-refractivity contribution in [3.8, 4) is 11.5 Å². The third kappa shape index (κ3) is 5.64. The van der Waals surface area contributed by atoms with Crippen molar-refractivity contribution in [1.82, 2.24) is 10.6 Å². The average Bonchev–Trinajstić information content (AvgIpc) is 2.72. The SMILES string of the molecule is CC(C)[C@@H](NC(=O)CCNC(=O)c1ccc(Cl)cc1)c1ccc2c(c1)OCCO2. The number of carbonyl (C=O) groups is 2. The molecule has 0 spiro atoms. The van der Waals surface area contributed by atoms with Crippen LogP contribution in [-0.4, -0.2) is 31.6 Å². The zero-order valence-electron chi connectivity index (χ0n) is 16.5. The molecule has 6 nitrogen and oxygen atoms in total. The topological polar surface area (TPSA) is 76.7 Å². The van der Waals surface area contributed by atoms with Crippen LogP contribution in [0.25, 0.3) is 0 Å². The summed E-state index contributed by atoms with van der Waals surface area (Å²) in [5.41, 5.74) is 1.47. The van der Waals surface area contributed by atoms with E-state index in [0.717, 1.165) is 11.3 Å². The first-order valence-electron chi connectivity index (χ1n) is 9.66. The molecule has 0 unspecified atom stereocenters. The van der Waals surface area contributed by atoms with Crippen LogP contribution in [0.5, 0.6) is 11.5 Å². The summed E-state index contributed by atoms with van der Waals surface area (Å²) in [5.74, 6) is 1.24. The molecule has 0 aromatic heterocycles. The first-order chi connectivity index (χ1) is 13.9. The van der Waals surface area contributed by atoms with E-state index in [1.54, 1.807) is 24.3 Å². The highest BCUT2D eigenvalue weighted by molar-refractivity contribution is 6.30. The number of benzene rings is 2. The molecule has 0 saturated carbocycles. The Hall–Kier alpha value is -2.73. The largest absolute Gasteiger partial charge is 0.486 e.